The molecule has 1 heterocycles. The van der Waals surface area contributed by atoms with Gasteiger partial charge >= 0.3 is 0 Å². The summed E-state index contributed by atoms with van der Waals surface area (Å²) in [6.45, 7) is -0.763. The molecular formula is C7H12N4O6. The molecule has 0 aromatic heterocycles. The number of carbonyl (C=O) groups excluding carboxylic acids is 1. The topological polar surface area (TPSA) is 182 Å². The molecule has 0 saturated carbocycles. The number of aliphatic hydroxyl groups is 4. The minimum atomic E-state index is -2.55. The standard InChI is InChI=1S/C7H12N4O6/c8-6(16)7(10-11-9)5(15)4(14)3(13)2(1-12)17-7/h2-5,12-15H,1H2,(H2,8,16)/t2-,3+,4+,5-,7+/m1/s1. The maximum Gasteiger partial charge on any atom is 0.258 e. The monoisotopic (exact) mass is 248 g/mol. The average molecular weight is 248 g/mol. The zero-order valence-corrected chi connectivity index (χ0v) is 8.54. The van der Waals surface area contributed by atoms with Crippen LogP contribution in [0.1, 0.15) is 0 Å². The Morgan fingerprint density at radius 1 is 1.47 bits per heavy atom. The van der Waals surface area contributed by atoms with Gasteiger partial charge in [-0.1, -0.05) is 0 Å². The molecule has 1 aliphatic heterocycles. The second-order valence-electron chi connectivity index (χ2n) is 3.52. The molecule has 0 aromatic rings. The zero-order valence-electron chi connectivity index (χ0n) is 8.54. The quantitative estimate of drug-likeness (QED) is 0.201. The van der Waals surface area contributed by atoms with Crippen molar-refractivity contribution >= 4 is 5.91 Å². The Kier molecular flexibility index (Phi) is 3.88. The number of azide groups is 1. The van der Waals surface area contributed by atoms with Gasteiger partial charge < -0.3 is 30.9 Å². The van der Waals surface area contributed by atoms with Crippen LogP contribution in [-0.2, 0) is 9.53 Å². The smallest absolute Gasteiger partial charge is 0.258 e. The third-order valence-electron chi connectivity index (χ3n) is 2.51. The Morgan fingerprint density at radius 2 is 2.06 bits per heavy atom. The molecule has 1 saturated heterocycles. The number of amides is 1. The molecule has 1 amide bonds. The summed E-state index contributed by atoms with van der Waals surface area (Å²) in [5, 5.41) is 40.3. The van der Waals surface area contributed by atoms with Crippen LogP contribution in [0.5, 0.6) is 0 Å². The normalized spacial score (nSPS) is 41.6. The van der Waals surface area contributed by atoms with Crippen LogP contribution in [0.25, 0.3) is 10.4 Å². The molecule has 0 aliphatic carbocycles. The van der Waals surface area contributed by atoms with Crippen LogP contribution in [0.4, 0.5) is 0 Å². The van der Waals surface area contributed by atoms with Crippen molar-refractivity contribution in [2.24, 2.45) is 10.8 Å². The largest absolute Gasteiger partial charge is 0.394 e. The van der Waals surface area contributed by atoms with Crippen LogP contribution in [0.3, 0.4) is 0 Å². The van der Waals surface area contributed by atoms with E-state index >= 15 is 0 Å². The van der Waals surface area contributed by atoms with Crippen molar-refractivity contribution in [3.63, 3.8) is 0 Å². The summed E-state index contributed by atoms with van der Waals surface area (Å²) in [5.74, 6) is -1.34. The average Bonchev–Trinajstić information content (AvgIpc) is 2.30. The molecule has 17 heavy (non-hydrogen) atoms. The summed E-state index contributed by atoms with van der Waals surface area (Å²) in [6, 6.07) is 0. The van der Waals surface area contributed by atoms with Gasteiger partial charge in [0.25, 0.3) is 11.6 Å². The van der Waals surface area contributed by atoms with Crippen LogP contribution in [0, 0.1) is 0 Å². The highest BCUT2D eigenvalue weighted by atomic mass is 16.6. The van der Waals surface area contributed by atoms with Crippen molar-refractivity contribution in [3.8, 4) is 0 Å². The highest BCUT2D eigenvalue weighted by Crippen LogP contribution is 2.31. The molecule has 5 atom stereocenters. The van der Waals surface area contributed by atoms with Gasteiger partial charge in [-0.25, -0.2) is 0 Å². The summed E-state index contributed by atoms with van der Waals surface area (Å²) in [6.07, 6.45) is -6.93. The van der Waals surface area contributed by atoms with Crippen molar-refractivity contribution in [2.75, 3.05) is 6.61 Å². The van der Waals surface area contributed by atoms with Gasteiger partial charge in [0.05, 0.1) is 6.61 Å². The lowest BCUT2D eigenvalue weighted by Crippen LogP contribution is -2.68. The van der Waals surface area contributed by atoms with E-state index < -0.39 is 42.7 Å². The Labute approximate surface area is 94.8 Å². The first-order valence-electron chi connectivity index (χ1n) is 4.59. The third kappa shape index (κ3) is 2.05. The lowest BCUT2D eigenvalue weighted by Gasteiger charge is -2.44. The maximum absolute atomic E-state index is 11.2. The van der Waals surface area contributed by atoms with E-state index in [-0.39, 0.29) is 0 Å². The lowest BCUT2D eigenvalue weighted by atomic mass is 9.90. The summed E-state index contributed by atoms with van der Waals surface area (Å²) < 4.78 is 4.82. The summed E-state index contributed by atoms with van der Waals surface area (Å²) in [4.78, 5) is 13.5. The molecule has 0 radical (unpaired) electrons. The fourth-order valence-corrected chi connectivity index (χ4v) is 1.56. The van der Waals surface area contributed by atoms with E-state index in [0.29, 0.717) is 0 Å². The Hall–Kier alpha value is -1.42. The summed E-state index contributed by atoms with van der Waals surface area (Å²) in [5.41, 5.74) is 10.7. The highest BCUT2D eigenvalue weighted by Gasteiger charge is 2.57. The van der Waals surface area contributed by atoms with Gasteiger partial charge in [0.2, 0.25) is 0 Å². The van der Waals surface area contributed by atoms with Crippen LogP contribution in [0.15, 0.2) is 5.11 Å². The predicted molar refractivity (Wildman–Crippen MR) is 51.1 cm³/mol. The molecule has 0 unspecified atom stereocenters. The molecule has 1 fully saturated rings. The van der Waals surface area contributed by atoms with Crippen LogP contribution >= 0.6 is 0 Å². The fraction of sp³-hybridized carbons (Fsp3) is 0.857. The van der Waals surface area contributed by atoms with Gasteiger partial charge in [-0.3, -0.25) is 4.79 Å². The van der Waals surface area contributed by atoms with Crippen molar-refractivity contribution in [1.29, 1.82) is 0 Å². The van der Waals surface area contributed by atoms with Gasteiger partial charge in [-0.05, 0) is 10.6 Å². The number of nitrogens with zero attached hydrogens (tertiary/aromatic N) is 3. The van der Waals surface area contributed by atoms with Gasteiger partial charge in [-0.15, -0.1) is 0 Å². The molecule has 0 spiro atoms. The van der Waals surface area contributed by atoms with Crippen molar-refractivity contribution in [2.45, 2.75) is 30.1 Å². The molecule has 1 rings (SSSR count). The molecule has 10 nitrogen and oxygen atoms in total. The molecule has 96 valence electrons. The van der Waals surface area contributed by atoms with E-state index in [9.17, 15) is 20.1 Å². The number of nitrogens with two attached hydrogens (primary N) is 1. The summed E-state index contributed by atoms with van der Waals surface area (Å²) in [7, 11) is 0. The molecule has 0 aromatic carbocycles. The number of rotatable bonds is 3. The second kappa shape index (κ2) is 4.84. The lowest BCUT2D eigenvalue weighted by molar-refractivity contribution is -0.262. The molecular weight excluding hydrogens is 236 g/mol. The Balaban J connectivity index is 3.20. The van der Waals surface area contributed by atoms with E-state index in [1.54, 1.807) is 0 Å². The number of hydrogen-bond donors (Lipinski definition) is 5. The fourth-order valence-electron chi connectivity index (χ4n) is 1.56. The SMILES string of the molecule is [N-]=[N+]=N[C@]1(C(N)=O)O[C@H](CO)[C@H](O)[C@H](O)[C@H]1O. The van der Waals surface area contributed by atoms with E-state index in [1.807, 2.05) is 0 Å². The minimum Gasteiger partial charge on any atom is -0.394 e. The zero-order chi connectivity index (χ0) is 13.2. The van der Waals surface area contributed by atoms with Crippen molar-refractivity contribution in [1.82, 2.24) is 0 Å². The minimum absolute atomic E-state index is 0.763. The van der Waals surface area contributed by atoms with E-state index in [4.69, 9.17) is 21.1 Å². The van der Waals surface area contributed by atoms with Crippen molar-refractivity contribution < 1.29 is 30.0 Å². The number of carbonyl (C=O) groups is 1. The van der Waals surface area contributed by atoms with Crippen LogP contribution < -0.4 is 5.73 Å². The molecule has 10 heteroatoms. The van der Waals surface area contributed by atoms with E-state index in [0.717, 1.165) is 0 Å². The molecule has 6 N–H and O–H groups in total. The Morgan fingerprint density at radius 3 is 2.47 bits per heavy atom. The first-order valence-corrected chi connectivity index (χ1v) is 4.59. The van der Waals surface area contributed by atoms with E-state index in [1.165, 1.54) is 0 Å². The predicted octanol–water partition coefficient (Wildman–Crippen LogP) is -3.05. The van der Waals surface area contributed by atoms with Gasteiger partial charge in [0, 0.05) is 4.91 Å². The van der Waals surface area contributed by atoms with Crippen LogP contribution in [-0.4, -0.2) is 63.1 Å². The molecule has 1 aliphatic rings. The third-order valence-corrected chi connectivity index (χ3v) is 2.51. The second-order valence-corrected chi connectivity index (χ2v) is 3.52. The highest BCUT2D eigenvalue weighted by molar-refractivity contribution is 5.84. The first kappa shape index (κ1) is 13.6. The number of hydrogen-bond acceptors (Lipinski definition) is 7. The number of primary amides is 1. The number of aliphatic hydroxyl groups excluding tert-OH is 4. The van der Waals surface area contributed by atoms with Crippen LogP contribution in [0.2, 0.25) is 0 Å². The Bertz CT molecular complexity index is 352. The van der Waals surface area contributed by atoms with Gasteiger partial charge in [0.1, 0.15) is 24.4 Å². The molecule has 0 bridgehead atoms. The maximum atomic E-state index is 11.2. The first-order chi connectivity index (χ1) is 7.90. The van der Waals surface area contributed by atoms with E-state index in [2.05, 4.69) is 10.0 Å². The summed E-state index contributed by atoms with van der Waals surface area (Å²) >= 11 is 0. The van der Waals surface area contributed by atoms with Gasteiger partial charge in [-0.2, -0.15) is 0 Å². The van der Waals surface area contributed by atoms with Gasteiger partial charge in [0.15, 0.2) is 0 Å². The van der Waals surface area contributed by atoms with Crippen molar-refractivity contribution in [3.05, 3.63) is 10.4 Å². The number of ether oxygens (including phenoxy) is 1.